The summed E-state index contributed by atoms with van der Waals surface area (Å²) in [5, 5.41) is 4.75. The molecule has 2 aromatic heterocycles. The van der Waals surface area contributed by atoms with Gasteiger partial charge in [0.05, 0.1) is 17.7 Å². The molecule has 1 aromatic carbocycles. The van der Waals surface area contributed by atoms with Gasteiger partial charge in [0.1, 0.15) is 9.88 Å². The number of likely N-dealkylation sites (N-methyl/N-ethyl adjacent to an activating group) is 1. The number of hydrogen-bond donors (Lipinski definition) is 1. The maximum atomic E-state index is 13.0. The summed E-state index contributed by atoms with van der Waals surface area (Å²) in [5.41, 5.74) is 1.46. The molecule has 28 heavy (non-hydrogen) atoms. The number of nitrogens with one attached hydrogen (secondary N) is 1. The molecule has 0 bridgehead atoms. The molecule has 3 aromatic rings. The van der Waals surface area contributed by atoms with Crippen LogP contribution in [0.2, 0.25) is 5.02 Å². The third-order valence-electron chi connectivity index (χ3n) is 4.94. The molecule has 0 unspecified atom stereocenters. The lowest BCUT2D eigenvalue weighted by Crippen LogP contribution is -2.29. The van der Waals surface area contributed by atoms with Crippen LogP contribution < -0.4 is 5.32 Å². The highest BCUT2D eigenvalue weighted by atomic mass is 35.5. The normalized spacial score (nSPS) is 14.1. The highest BCUT2D eigenvalue weighted by Gasteiger charge is 2.29. The van der Waals surface area contributed by atoms with Crippen molar-refractivity contribution in [1.29, 1.82) is 0 Å². The predicted molar refractivity (Wildman–Crippen MR) is 115 cm³/mol. The standard InChI is InChI=1S/C20H19ClN2O3S2/c1-3-23-9-8-11-14(10-23)28-19(15(11)20(25)26-2)22-18(24)17-16(21)12-6-4-5-7-13(12)27-17/h4-7H,3,8-10H2,1-2H3,(H,22,24). The molecule has 0 aliphatic carbocycles. The number of ether oxygens (including phenoxy) is 1. The van der Waals surface area contributed by atoms with Crippen molar-refractivity contribution < 1.29 is 14.3 Å². The first-order chi connectivity index (χ1) is 13.5. The van der Waals surface area contributed by atoms with E-state index in [1.165, 1.54) is 29.8 Å². The van der Waals surface area contributed by atoms with Crippen LogP contribution in [0.3, 0.4) is 0 Å². The molecule has 0 saturated carbocycles. The monoisotopic (exact) mass is 434 g/mol. The zero-order chi connectivity index (χ0) is 19.8. The van der Waals surface area contributed by atoms with Gasteiger partial charge in [-0.1, -0.05) is 36.7 Å². The summed E-state index contributed by atoms with van der Waals surface area (Å²) in [6.45, 7) is 4.73. The van der Waals surface area contributed by atoms with Gasteiger partial charge in [-0.25, -0.2) is 4.79 Å². The van der Waals surface area contributed by atoms with E-state index in [4.69, 9.17) is 16.3 Å². The van der Waals surface area contributed by atoms with E-state index in [2.05, 4.69) is 17.1 Å². The van der Waals surface area contributed by atoms with Crippen molar-refractivity contribution in [3.05, 3.63) is 50.2 Å². The molecule has 4 rings (SSSR count). The number of thiophene rings is 2. The Hall–Kier alpha value is -1.93. The molecule has 1 aliphatic rings. The van der Waals surface area contributed by atoms with Crippen molar-refractivity contribution in [2.24, 2.45) is 0 Å². The summed E-state index contributed by atoms with van der Waals surface area (Å²) >= 11 is 9.24. The van der Waals surface area contributed by atoms with Gasteiger partial charge in [0.25, 0.3) is 5.91 Å². The molecule has 0 saturated heterocycles. The third-order valence-corrected chi connectivity index (χ3v) is 7.75. The lowest BCUT2D eigenvalue weighted by atomic mass is 10.0. The van der Waals surface area contributed by atoms with Gasteiger partial charge < -0.3 is 10.1 Å². The van der Waals surface area contributed by atoms with E-state index < -0.39 is 5.97 Å². The first kappa shape index (κ1) is 19.4. The number of carbonyl (C=O) groups is 2. The van der Waals surface area contributed by atoms with Crippen LogP contribution in [0.15, 0.2) is 24.3 Å². The van der Waals surface area contributed by atoms with Crippen LogP contribution >= 0.6 is 34.3 Å². The molecule has 1 amide bonds. The zero-order valence-electron chi connectivity index (χ0n) is 15.5. The second-order valence-electron chi connectivity index (χ2n) is 6.51. The second kappa shape index (κ2) is 7.83. The maximum Gasteiger partial charge on any atom is 0.341 e. The van der Waals surface area contributed by atoms with Gasteiger partial charge >= 0.3 is 5.97 Å². The minimum absolute atomic E-state index is 0.303. The first-order valence-electron chi connectivity index (χ1n) is 8.97. The van der Waals surface area contributed by atoms with Crippen LogP contribution in [0.5, 0.6) is 0 Å². The highest BCUT2D eigenvalue weighted by Crippen LogP contribution is 2.40. The number of amides is 1. The number of methoxy groups -OCH3 is 1. The molecule has 0 radical (unpaired) electrons. The minimum Gasteiger partial charge on any atom is -0.465 e. The first-order valence-corrected chi connectivity index (χ1v) is 11.0. The summed E-state index contributed by atoms with van der Waals surface area (Å²) in [6.07, 6.45) is 0.767. The number of carbonyl (C=O) groups excluding carboxylic acids is 2. The van der Waals surface area contributed by atoms with E-state index in [0.717, 1.165) is 46.6 Å². The van der Waals surface area contributed by atoms with E-state index in [1.807, 2.05) is 24.3 Å². The van der Waals surface area contributed by atoms with Crippen LogP contribution in [0.4, 0.5) is 5.00 Å². The van der Waals surface area contributed by atoms with Gasteiger partial charge in [-0.15, -0.1) is 22.7 Å². The van der Waals surface area contributed by atoms with Gasteiger partial charge in [-0.05, 0) is 24.6 Å². The number of benzene rings is 1. The Morgan fingerprint density at radius 2 is 2.07 bits per heavy atom. The summed E-state index contributed by atoms with van der Waals surface area (Å²) in [4.78, 5) is 29.3. The Morgan fingerprint density at radius 1 is 1.29 bits per heavy atom. The van der Waals surface area contributed by atoms with Crippen molar-refractivity contribution in [3.8, 4) is 0 Å². The minimum atomic E-state index is -0.416. The molecule has 3 heterocycles. The van der Waals surface area contributed by atoms with Crippen LogP contribution in [0, 0.1) is 0 Å². The van der Waals surface area contributed by atoms with Crippen molar-refractivity contribution in [3.63, 3.8) is 0 Å². The van der Waals surface area contributed by atoms with Crippen molar-refractivity contribution >= 4 is 61.2 Å². The summed E-state index contributed by atoms with van der Waals surface area (Å²) in [6, 6.07) is 7.64. The number of rotatable bonds is 4. The fourth-order valence-corrected chi connectivity index (χ4v) is 6.14. The van der Waals surface area contributed by atoms with Crippen LogP contribution in [0.25, 0.3) is 10.1 Å². The lowest BCUT2D eigenvalue weighted by molar-refractivity contribution is 0.0600. The number of halogens is 1. The van der Waals surface area contributed by atoms with Crippen LogP contribution in [-0.4, -0.2) is 37.0 Å². The fraction of sp³-hybridized carbons (Fsp3) is 0.300. The van der Waals surface area contributed by atoms with E-state index in [9.17, 15) is 9.59 Å². The largest absolute Gasteiger partial charge is 0.465 e. The quantitative estimate of drug-likeness (QED) is 0.585. The Balaban J connectivity index is 1.70. The Kier molecular flexibility index (Phi) is 5.42. The van der Waals surface area contributed by atoms with E-state index in [0.29, 0.717) is 20.5 Å². The maximum absolute atomic E-state index is 13.0. The van der Waals surface area contributed by atoms with E-state index in [1.54, 1.807) is 0 Å². The average Bonchev–Trinajstić information content (AvgIpc) is 3.24. The highest BCUT2D eigenvalue weighted by molar-refractivity contribution is 7.22. The summed E-state index contributed by atoms with van der Waals surface area (Å²) < 4.78 is 5.95. The molecule has 1 aliphatic heterocycles. The molecule has 5 nitrogen and oxygen atoms in total. The molecule has 0 atom stereocenters. The topological polar surface area (TPSA) is 58.6 Å². The third kappa shape index (κ3) is 3.33. The number of esters is 1. The predicted octanol–water partition coefficient (Wildman–Crippen LogP) is 5.03. The van der Waals surface area contributed by atoms with E-state index >= 15 is 0 Å². The van der Waals surface area contributed by atoms with Crippen molar-refractivity contribution in [2.75, 3.05) is 25.5 Å². The molecule has 0 fully saturated rings. The molecular weight excluding hydrogens is 416 g/mol. The van der Waals surface area contributed by atoms with Gasteiger partial charge in [0.2, 0.25) is 0 Å². The van der Waals surface area contributed by atoms with Gasteiger partial charge in [0, 0.05) is 28.1 Å². The van der Waals surface area contributed by atoms with Crippen molar-refractivity contribution in [2.45, 2.75) is 19.9 Å². The number of fused-ring (bicyclic) bond motifs is 2. The molecule has 1 N–H and O–H groups in total. The summed E-state index contributed by atoms with van der Waals surface area (Å²) in [7, 11) is 1.36. The Labute approximate surface area is 175 Å². The van der Waals surface area contributed by atoms with E-state index in [-0.39, 0.29) is 5.91 Å². The molecule has 146 valence electrons. The fourth-order valence-electron chi connectivity index (χ4n) is 3.45. The van der Waals surface area contributed by atoms with Gasteiger partial charge in [0.15, 0.2) is 0 Å². The molecule has 8 heteroatoms. The van der Waals surface area contributed by atoms with Crippen LogP contribution in [0.1, 0.15) is 37.4 Å². The smallest absolute Gasteiger partial charge is 0.341 e. The average molecular weight is 435 g/mol. The number of anilines is 1. The zero-order valence-corrected chi connectivity index (χ0v) is 17.9. The lowest BCUT2D eigenvalue weighted by Gasteiger charge is -2.25. The van der Waals surface area contributed by atoms with Crippen LogP contribution in [-0.2, 0) is 17.7 Å². The van der Waals surface area contributed by atoms with Gasteiger partial charge in [-0.2, -0.15) is 0 Å². The number of nitrogens with zero attached hydrogens (tertiary/aromatic N) is 1. The SMILES string of the molecule is CCN1CCc2c(sc(NC(=O)c3sc4ccccc4c3Cl)c2C(=O)OC)C1. The Bertz CT molecular complexity index is 1070. The molecule has 0 spiro atoms. The van der Waals surface area contributed by atoms with Gasteiger partial charge in [-0.3, -0.25) is 9.69 Å². The second-order valence-corrected chi connectivity index (χ2v) is 9.05. The number of hydrogen-bond acceptors (Lipinski definition) is 6. The molecular formula is C20H19ClN2O3S2. The van der Waals surface area contributed by atoms with Crippen molar-refractivity contribution in [1.82, 2.24) is 4.90 Å². The summed E-state index contributed by atoms with van der Waals surface area (Å²) in [5.74, 6) is -0.720. The Morgan fingerprint density at radius 3 is 2.79 bits per heavy atom.